The smallest absolute Gasteiger partial charge is 0.352 e. The molecular weight excluding hydrogens is 293 g/mol. The molecule has 22 heavy (non-hydrogen) atoms. The molecule has 2 fully saturated rings. The number of hydrogen-bond donors (Lipinski definition) is 2. The maximum atomic E-state index is 13.1. The summed E-state index contributed by atoms with van der Waals surface area (Å²) in [6.45, 7) is 0.305. The number of nitrogens with one attached hydrogen (secondary N) is 1. The molecule has 0 spiro atoms. The second-order valence-corrected chi connectivity index (χ2v) is 6.79. The summed E-state index contributed by atoms with van der Waals surface area (Å²) in [7, 11) is 0. The summed E-state index contributed by atoms with van der Waals surface area (Å²) in [4.78, 5) is 12.4. The number of carbonyl (C=O) groups excluding carboxylic acids is 1. The summed E-state index contributed by atoms with van der Waals surface area (Å²) in [5.74, 6) is -2.56. The van der Waals surface area contributed by atoms with Crippen molar-refractivity contribution in [1.29, 1.82) is 0 Å². The fourth-order valence-electron chi connectivity index (χ4n) is 4.03. The van der Waals surface area contributed by atoms with E-state index in [9.17, 15) is 18.0 Å². The number of alkyl halides is 3. The summed E-state index contributed by atoms with van der Waals surface area (Å²) in [6.07, 6.45) is 2.81. The van der Waals surface area contributed by atoms with Gasteiger partial charge in [0.2, 0.25) is 5.91 Å². The van der Waals surface area contributed by atoms with Crippen molar-refractivity contribution in [3.63, 3.8) is 0 Å². The lowest BCUT2D eigenvalue weighted by atomic mass is 9.77. The first-order valence-corrected chi connectivity index (χ1v) is 8.50. The maximum absolute atomic E-state index is 13.1. The first kappa shape index (κ1) is 17.6. The van der Waals surface area contributed by atoms with Crippen molar-refractivity contribution in [2.24, 2.45) is 23.5 Å². The summed E-state index contributed by atoms with van der Waals surface area (Å²) in [6, 6.07) is -0.177. The fraction of sp³-hybridized carbons (Fsp3) is 0.938. The van der Waals surface area contributed by atoms with Crippen molar-refractivity contribution < 1.29 is 18.0 Å². The highest BCUT2D eigenvalue weighted by Crippen LogP contribution is 2.41. The van der Waals surface area contributed by atoms with Crippen LogP contribution in [0, 0.1) is 17.8 Å². The van der Waals surface area contributed by atoms with E-state index < -0.39 is 23.9 Å². The number of amides is 1. The molecule has 3 atom stereocenters. The van der Waals surface area contributed by atoms with Gasteiger partial charge in [-0.05, 0) is 31.6 Å². The van der Waals surface area contributed by atoms with Gasteiger partial charge in [-0.2, -0.15) is 13.2 Å². The molecule has 0 saturated heterocycles. The molecule has 2 aliphatic rings. The molecule has 0 bridgehead atoms. The Morgan fingerprint density at radius 3 is 2.23 bits per heavy atom. The molecule has 2 aliphatic carbocycles. The summed E-state index contributed by atoms with van der Waals surface area (Å²) < 4.78 is 39.4. The second-order valence-electron chi connectivity index (χ2n) is 6.79. The number of hydrogen-bond acceptors (Lipinski definition) is 2. The fourth-order valence-corrected chi connectivity index (χ4v) is 4.03. The maximum Gasteiger partial charge on any atom is 0.392 e. The molecular formula is C16H27F3N2O. The van der Waals surface area contributed by atoms with Crippen LogP contribution >= 0.6 is 0 Å². The predicted octanol–water partition coefficient (Wildman–Crippen LogP) is 3.38. The van der Waals surface area contributed by atoms with Gasteiger partial charge in [-0.1, -0.05) is 32.1 Å². The Labute approximate surface area is 130 Å². The highest BCUT2D eigenvalue weighted by atomic mass is 19.4. The van der Waals surface area contributed by atoms with Gasteiger partial charge in [0.15, 0.2) is 0 Å². The van der Waals surface area contributed by atoms with Gasteiger partial charge >= 0.3 is 6.18 Å². The molecule has 1 amide bonds. The topological polar surface area (TPSA) is 55.1 Å². The van der Waals surface area contributed by atoms with Crippen LogP contribution in [0.4, 0.5) is 13.2 Å². The van der Waals surface area contributed by atoms with E-state index in [0.717, 1.165) is 25.7 Å². The van der Waals surface area contributed by atoms with E-state index >= 15 is 0 Å². The van der Waals surface area contributed by atoms with Crippen molar-refractivity contribution in [2.45, 2.75) is 70.0 Å². The third kappa shape index (κ3) is 4.37. The van der Waals surface area contributed by atoms with E-state index in [-0.39, 0.29) is 12.5 Å². The molecule has 0 aromatic rings. The molecule has 3 unspecified atom stereocenters. The van der Waals surface area contributed by atoms with Crippen LogP contribution in [0.15, 0.2) is 0 Å². The quantitative estimate of drug-likeness (QED) is 0.834. The van der Waals surface area contributed by atoms with Gasteiger partial charge in [0.05, 0.1) is 5.92 Å². The van der Waals surface area contributed by atoms with Crippen LogP contribution in [0.25, 0.3) is 0 Å². The lowest BCUT2D eigenvalue weighted by Gasteiger charge is -2.35. The third-order valence-corrected chi connectivity index (χ3v) is 5.32. The van der Waals surface area contributed by atoms with Gasteiger partial charge in [0.1, 0.15) is 0 Å². The SMILES string of the molecule is NCC(NC(=O)C1CCCCC1C(F)(F)F)C1CCCCC1. The molecule has 0 heterocycles. The van der Waals surface area contributed by atoms with Crippen LogP contribution in [0.2, 0.25) is 0 Å². The van der Waals surface area contributed by atoms with E-state index in [1.165, 1.54) is 6.42 Å². The third-order valence-electron chi connectivity index (χ3n) is 5.32. The average Bonchev–Trinajstić information content (AvgIpc) is 2.52. The Kier molecular flexibility index (Phi) is 6.12. The predicted molar refractivity (Wildman–Crippen MR) is 79.1 cm³/mol. The molecule has 3 N–H and O–H groups in total. The summed E-state index contributed by atoms with van der Waals surface area (Å²) in [5, 5.41) is 2.84. The molecule has 2 rings (SSSR count). The summed E-state index contributed by atoms with van der Waals surface area (Å²) >= 11 is 0. The minimum Gasteiger partial charge on any atom is -0.352 e. The van der Waals surface area contributed by atoms with Gasteiger partial charge < -0.3 is 11.1 Å². The molecule has 0 aliphatic heterocycles. The zero-order chi connectivity index (χ0) is 16.2. The Balaban J connectivity index is 1.98. The van der Waals surface area contributed by atoms with Crippen molar-refractivity contribution in [2.75, 3.05) is 6.54 Å². The van der Waals surface area contributed by atoms with Gasteiger partial charge in [-0.3, -0.25) is 4.79 Å². The van der Waals surface area contributed by atoms with Crippen molar-refractivity contribution in [3.8, 4) is 0 Å². The Morgan fingerprint density at radius 2 is 1.64 bits per heavy atom. The second kappa shape index (κ2) is 7.66. The molecule has 0 radical (unpaired) electrons. The Bertz CT molecular complexity index is 367. The van der Waals surface area contributed by atoms with Crippen LogP contribution in [0.3, 0.4) is 0 Å². The van der Waals surface area contributed by atoms with E-state index in [4.69, 9.17) is 5.73 Å². The Hall–Kier alpha value is -0.780. The lowest BCUT2D eigenvalue weighted by Crippen LogP contribution is -2.50. The standard InChI is InChI=1S/C16H27F3N2O/c17-16(18,19)13-9-5-4-8-12(13)15(22)21-14(10-20)11-6-2-1-3-7-11/h11-14H,1-10,20H2,(H,21,22). The van der Waals surface area contributed by atoms with Gasteiger partial charge in [0.25, 0.3) is 0 Å². The Morgan fingerprint density at radius 1 is 1.05 bits per heavy atom. The van der Waals surface area contributed by atoms with Gasteiger partial charge in [-0.25, -0.2) is 0 Å². The van der Waals surface area contributed by atoms with E-state index in [1.54, 1.807) is 0 Å². The molecule has 0 aromatic carbocycles. The molecule has 0 aromatic heterocycles. The van der Waals surface area contributed by atoms with E-state index in [1.807, 2.05) is 0 Å². The zero-order valence-corrected chi connectivity index (χ0v) is 13.0. The van der Waals surface area contributed by atoms with Gasteiger partial charge in [0, 0.05) is 18.5 Å². The monoisotopic (exact) mass is 320 g/mol. The van der Waals surface area contributed by atoms with Crippen molar-refractivity contribution in [3.05, 3.63) is 0 Å². The highest BCUT2D eigenvalue weighted by Gasteiger charge is 2.48. The van der Waals surface area contributed by atoms with Crippen LogP contribution in [-0.2, 0) is 4.79 Å². The zero-order valence-electron chi connectivity index (χ0n) is 13.0. The van der Waals surface area contributed by atoms with E-state index in [0.29, 0.717) is 31.7 Å². The lowest BCUT2D eigenvalue weighted by molar-refractivity contribution is -0.198. The van der Waals surface area contributed by atoms with Crippen LogP contribution in [-0.4, -0.2) is 24.7 Å². The van der Waals surface area contributed by atoms with Crippen LogP contribution in [0.5, 0.6) is 0 Å². The van der Waals surface area contributed by atoms with Crippen molar-refractivity contribution >= 4 is 5.91 Å². The van der Waals surface area contributed by atoms with Crippen LogP contribution < -0.4 is 11.1 Å². The van der Waals surface area contributed by atoms with Crippen LogP contribution in [0.1, 0.15) is 57.8 Å². The number of rotatable bonds is 4. The van der Waals surface area contributed by atoms with Crippen molar-refractivity contribution in [1.82, 2.24) is 5.32 Å². The van der Waals surface area contributed by atoms with Gasteiger partial charge in [-0.15, -0.1) is 0 Å². The minimum atomic E-state index is -4.29. The minimum absolute atomic E-state index is 0.0678. The number of halogens is 3. The molecule has 128 valence electrons. The molecule has 3 nitrogen and oxygen atoms in total. The molecule has 2 saturated carbocycles. The number of nitrogens with two attached hydrogens (primary N) is 1. The normalized spacial score (nSPS) is 29.1. The first-order valence-electron chi connectivity index (χ1n) is 8.50. The highest BCUT2D eigenvalue weighted by molar-refractivity contribution is 5.79. The largest absolute Gasteiger partial charge is 0.392 e. The average molecular weight is 320 g/mol. The van der Waals surface area contributed by atoms with E-state index in [2.05, 4.69) is 5.32 Å². The molecule has 6 heteroatoms. The first-order chi connectivity index (χ1) is 10.4. The number of carbonyl (C=O) groups is 1. The summed E-state index contributed by atoms with van der Waals surface area (Å²) in [5.41, 5.74) is 5.76.